The van der Waals surface area contributed by atoms with Crippen molar-refractivity contribution >= 4 is 5.91 Å². The highest BCUT2D eigenvalue weighted by atomic mass is 19.1. The molecule has 2 heterocycles. The lowest BCUT2D eigenvalue weighted by molar-refractivity contribution is -0.129. The number of benzene rings is 3. The number of halogens is 1. The molecule has 0 spiro atoms. The van der Waals surface area contributed by atoms with Gasteiger partial charge in [0.2, 0.25) is 6.79 Å². The van der Waals surface area contributed by atoms with Crippen molar-refractivity contribution in [2.45, 2.75) is 38.1 Å². The van der Waals surface area contributed by atoms with Crippen molar-refractivity contribution in [1.82, 2.24) is 10.2 Å². The van der Waals surface area contributed by atoms with Crippen molar-refractivity contribution in [3.63, 3.8) is 0 Å². The van der Waals surface area contributed by atoms with Crippen molar-refractivity contribution < 1.29 is 28.1 Å². The minimum Gasteiger partial charge on any atom is -0.476 e. The minimum absolute atomic E-state index is 0.0440. The van der Waals surface area contributed by atoms with E-state index in [9.17, 15) is 9.18 Å². The van der Waals surface area contributed by atoms with E-state index in [1.54, 1.807) is 12.1 Å². The predicted octanol–water partition coefficient (Wildman–Crippen LogP) is 4.30. The van der Waals surface area contributed by atoms with Gasteiger partial charge < -0.3 is 24.3 Å². The third-order valence-corrected chi connectivity index (χ3v) is 6.46. The van der Waals surface area contributed by atoms with Crippen molar-refractivity contribution in [3.05, 3.63) is 89.7 Å². The summed E-state index contributed by atoms with van der Waals surface area (Å²) in [5.74, 6) is 0.646. The fourth-order valence-electron chi connectivity index (χ4n) is 4.58. The normalized spacial score (nSPS) is 17.1. The molecule has 0 unspecified atom stereocenters. The van der Waals surface area contributed by atoms with E-state index in [0.717, 1.165) is 36.3 Å². The molecular weight excluding hydrogens is 475 g/mol. The number of carbonyl (C=O) groups is 1. The Morgan fingerprint density at radius 3 is 2.65 bits per heavy atom. The monoisotopic (exact) mass is 506 g/mol. The standard InChI is InChI=1S/C29H31FN2O5/c30-24-10-4-5-11-25(24)37-28(29(33)31-16-21-7-2-1-3-8-21)19-32(18-23-9-6-14-34-23)17-22-12-13-26-27(15-22)36-20-35-26/h1-5,7-8,10-13,15,23,28H,6,9,14,16-20H2,(H,31,33)/t23-,28+/m0/s1. The molecule has 2 atom stereocenters. The van der Waals surface area contributed by atoms with Crippen molar-refractivity contribution in [1.29, 1.82) is 0 Å². The summed E-state index contributed by atoms with van der Waals surface area (Å²) in [6.07, 6.45) is 1.10. The zero-order valence-corrected chi connectivity index (χ0v) is 20.6. The first-order valence-electron chi connectivity index (χ1n) is 12.6. The van der Waals surface area contributed by atoms with Crippen LogP contribution in [0.25, 0.3) is 0 Å². The molecule has 0 saturated carbocycles. The van der Waals surface area contributed by atoms with Crippen LogP contribution in [0.4, 0.5) is 4.39 Å². The lowest BCUT2D eigenvalue weighted by Gasteiger charge is -2.29. The molecule has 0 radical (unpaired) electrons. The summed E-state index contributed by atoms with van der Waals surface area (Å²) in [5.41, 5.74) is 1.98. The Bertz CT molecular complexity index is 1190. The maximum absolute atomic E-state index is 14.5. The van der Waals surface area contributed by atoms with Gasteiger partial charge in [0, 0.05) is 32.8 Å². The van der Waals surface area contributed by atoms with Crippen molar-refractivity contribution in [2.24, 2.45) is 0 Å². The third-order valence-electron chi connectivity index (χ3n) is 6.46. The molecule has 1 fully saturated rings. The van der Waals surface area contributed by atoms with Crippen LogP contribution in [0, 0.1) is 5.82 Å². The molecule has 194 valence electrons. The molecule has 5 rings (SSSR count). The summed E-state index contributed by atoms with van der Waals surface area (Å²) in [6, 6.07) is 21.6. The highest BCUT2D eigenvalue weighted by Crippen LogP contribution is 2.33. The van der Waals surface area contributed by atoms with E-state index in [-0.39, 0.29) is 31.1 Å². The van der Waals surface area contributed by atoms with E-state index < -0.39 is 11.9 Å². The molecule has 0 bridgehead atoms. The Labute approximate surface area is 216 Å². The average Bonchev–Trinajstić information content (AvgIpc) is 3.60. The van der Waals surface area contributed by atoms with Crippen LogP contribution in [0.3, 0.4) is 0 Å². The molecule has 3 aromatic carbocycles. The predicted molar refractivity (Wildman–Crippen MR) is 136 cm³/mol. The molecular formula is C29H31FN2O5. The van der Waals surface area contributed by atoms with Crippen LogP contribution < -0.4 is 19.5 Å². The van der Waals surface area contributed by atoms with Gasteiger partial charge >= 0.3 is 0 Å². The van der Waals surface area contributed by atoms with Gasteiger partial charge in [-0.3, -0.25) is 9.69 Å². The summed E-state index contributed by atoms with van der Waals surface area (Å²) in [6.45, 7) is 2.71. The topological polar surface area (TPSA) is 69.3 Å². The molecule has 0 aromatic heterocycles. The summed E-state index contributed by atoms with van der Waals surface area (Å²) in [5, 5.41) is 2.95. The van der Waals surface area contributed by atoms with Gasteiger partial charge in [0.15, 0.2) is 29.2 Å². The number of hydrogen-bond donors (Lipinski definition) is 1. The fraction of sp³-hybridized carbons (Fsp3) is 0.345. The number of carbonyl (C=O) groups excluding carboxylic acids is 1. The SMILES string of the molecule is O=C(NCc1ccccc1)[C@@H](CN(Cc1ccc2c(c1)OCO2)C[C@@H]1CCCO1)Oc1ccccc1F. The molecule has 37 heavy (non-hydrogen) atoms. The molecule has 0 aliphatic carbocycles. The molecule has 1 amide bonds. The van der Waals surface area contributed by atoms with Gasteiger partial charge in [-0.1, -0.05) is 48.5 Å². The first kappa shape index (κ1) is 25.0. The summed E-state index contributed by atoms with van der Waals surface area (Å²) in [4.78, 5) is 15.5. The van der Waals surface area contributed by atoms with Crippen LogP contribution in [0.15, 0.2) is 72.8 Å². The molecule has 7 nitrogen and oxygen atoms in total. The molecule has 3 aromatic rings. The van der Waals surface area contributed by atoms with Crippen LogP contribution in [0.5, 0.6) is 17.2 Å². The number of hydrogen-bond acceptors (Lipinski definition) is 6. The van der Waals surface area contributed by atoms with E-state index in [2.05, 4.69) is 10.2 Å². The van der Waals surface area contributed by atoms with Crippen LogP contribution in [0.1, 0.15) is 24.0 Å². The highest BCUT2D eigenvalue weighted by molar-refractivity contribution is 5.81. The summed E-state index contributed by atoms with van der Waals surface area (Å²) in [7, 11) is 0. The molecule has 1 saturated heterocycles. The lowest BCUT2D eigenvalue weighted by atomic mass is 10.1. The lowest BCUT2D eigenvalue weighted by Crippen LogP contribution is -2.47. The van der Waals surface area contributed by atoms with Crippen LogP contribution in [-0.2, 0) is 22.6 Å². The Morgan fingerprint density at radius 2 is 1.84 bits per heavy atom. The van der Waals surface area contributed by atoms with Crippen LogP contribution >= 0.6 is 0 Å². The van der Waals surface area contributed by atoms with E-state index in [4.69, 9.17) is 18.9 Å². The third kappa shape index (κ3) is 6.78. The maximum Gasteiger partial charge on any atom is 0.262 e. The molecule has 2 aliphatic heterocycles. The molecule has 2 aliphatic rings. The van der Waals surface area contributed by atoms with Gasteiger partial charge in [0.1, 0.15) is 0 Å². The number of fused-ring (bicyclic) bond motifs is 1. The quantitative estimate of drug-likeness (QED) is 0.418. The second-order valence-corrected chi connectivity index (χ2v) is 9.26. The smallest absolute Gasteiger partial charge is 0.262 e. The molecule has 1 N–H and O–H groups in total. The Hall–Kier alpha value is -3.62. The zero-order chi connectivity index (χ0) is 25.5. The number of para-hydroxylation sites is 1. The van der Waals surface area contributed by atoms with Gasteiger partial charge in [0.25, 0.3) is 5.91 Å². The largest absolute Gasteiger partial charge is 0.476 e. The number of amides is 1. The van der Waals surface area contributed by atoms with Gasteiger partial charge in [-0.15, -0.1) is 0 Å². The van der Waals surface area contributed by atoms with Crippen LogP contribution in [-0.4, -0.2) is 49.5 Å². The Kier molecular flexibility index (Phi) is 8.18. The van der Waals surface area contributed by atoms with Gasteiger partial charge in [-0.2, -0.15) is 0 Å². The van der Waals surface area contributed by atoms with Crippen LogP contribution in [0.2, 0.25) is 0 Å². The first-order chi connectivity index (χ1) is 18.1. The second-order valence-electron chi connectivity index (χ2n) is 9.26. The van der Waals surface area contributed by atoms with Gasteiger partial charge in [-0.05, 0) is 48.2 Å². The second kappa shape index (κ2) is 12.1. The minimum atomic E-state index is -0.934. The van der Waals surface area contributed by atoms with Crippen molar-refractivity contribution in [3.8, 4) is 17.2 Å². The van der Waals surface area contributed by atoms with E-state index in [1.807, 2.05) is 48.5 Å². The number of rotatable bonds is 11. The summed E-state index contributed by atoms with van der Waals surface area (Å²) >= 11 is 0. The molecule has 8 heteroatoms. The van der Waals surface area contributed by atoms with E-state index in [0.29, 0.717) is 25.4 Å². The van der Waals surface area contributed by atoms with Gasteiger partial charge in [0.05, 0.1) is 6.10 Å². The number of nitrogens with one attached hydrogen (secondary N) is 1. The van der Waals surface area contributed by atoms with E-state index in [1.165, 1.54) is 12.1 Å². The average molecular weight is 507 g/mol. The number of nitrogens with zero attached hydrogens (tertiary/aromatic N) is 1. The Morgan fingerprint density at radius 1 is 1.03 bits per heavy atom. The zero-order valence-electron chi connectivity index (χ0n) is 20.6. The Balaban J connectivity index is 1.34. The number of ether oxygens (including phenoxy) is 4. The summed E-state index contributed by atoms with van der Waals surface area (Å²) < 4.78 is 37.3. The highest BCUT2D eigenvalue weighted by Gasteiger charge is 2.28. The van der Waals surface area contributed by atoms with E-state index >= 15 is 0 Å². The fourth-order valence-corrected chi connectivity index (χ4v) is 4.58. The first-order valence-corrected chi connectivity index (χ1v) is 12.6. The van der Waals surface area contributed by atoms with Crippen molar-refractivity contribution in [2.75, 3.05) is 26.5 Å². The van der Waals surface area contributed by atoms with Gasteiger partial charge in [-0.25, -0.2) is 4.39 Å². The maximum atomic E-state index is 14.5.